The van der Waals surface area contributed by atoms with Gasteiger partial charge >= 0.3 is 0 Å². The monoisotopic (exact) mass is 288 g/mol. The van der Waals surface area contributed by atoms with Crippen LogP contribution in [0, 0.1) is 0 Å². The van der Waals surface area contributed by atoms with Gasteiger partial charge in [-0.3, -0.25) is 0 Å². The number of ether oxygens (including phenoxy) is 1. The summed E-state index contributed by atoms with van der Waals surface area (Å²) in [6.07, 6.45) is 3.49. The summed E-state index contributed by atoms with van der Waals surface area (Å²) in [6.45, 7) is 12.3. The Morgan fingerprint density at radius 3 is 2.19 bits per heavy atom. The zero-order chi connectivity index (χ0) is 15.7. The van der Waals surface area contributed by atoms with Gasteiger partial charge in [-0.15, -0.1) is 10.3 Å². The van der Waals surface area contributed by atoms with Crippen molar-refractivity contribution < 1.29 is 9.94 Å². The number of hydrogen-bond donors (Lipinski definition) is 0. The molecule has 3 heteroatoms. The molecule has 3 nitrogen and oxygen atoms in total. The molecule has 0 spiro atoms. The molecule has 21 heavy (non-hydrogen) atoms. The lowest BCUT2D eigenvalue weighted by atomic mass is 9.80. The van der Waals surface area contributed by atoms with E-state index in [1.165, 1.54) is 5.06 Å². The van der Waals surface area contributed by atoms with Crippen LogP contribution in [0.25, 0.3) is 6.08 Å². The standard InChI is InChI=1S/C18H26NO2/c1-6-14-7-9-15(10-8-14)13-21-16-11-17(2,3)19(20)18(4,5)12-16/h6-10,16H,1,11-13H2,2-5H3. The minimum Gasteiger partial charge on any atom is -0.373 e. The van der Waals surface area contributed by atoms with Gasteiger partial charge in [-0.25, -0.2) is 0 Å². The molecule has 1 heterocycles. The largest absolute Gasteiger partial charge is 0.373 e. The Hall–Kier alpha value is -1.16. The zero-order valence-electron chi connectivity index (χ0n) is 13.6. The smallest absolute Gasteiger partial charge is 0.0720 e. The second-order valence-electron chi connectivity index (χ2n) is 7.21. The van der Waals surface area contributed by atoms with Crippen molar-refractivity contribution in [3.63, 3.8) is 0 Å². The van der Waals surface area contributed by atoms with Gasteiger partial charge in [0, 0.05) is 11.1 Å². The first-order valence-corrected chi connectivity index (χ1v) is 7.55. The van der Waals surface area contributed by atoms with Crippen LogP contribution in [-0.2, 0) is 16.6 Å². The number of nitrogens with zero attached hydrogens (tertiary/aromatic N) is 1. The van der Waals surface area contributed by atoms with Gasteiger partial charge in [-0.1, -0.05) is 36.9 Å². The Balaban J connectivity index is 1.98. The fourth-order valence-corrected chi connectivity index (χ4v) is 3.25. The molecular formula is C18H26NO2. The van der Waals surface area contributed by atoms with E-state index in [1.54, 1.807) is 0 Å². The maximum absolute atomic E-state index is 12.3. The molecule has 0 N–H and O–H groups in total. The first kappa shape index (κ1) is 16.2. The fraction of sp³-hybridized carbons (Fsp3) is 0.556. The molecule has 0 amide bonds. The van der Waals surface area contributed by atoms with E-state index in [4.69, 9.17) is 4.74 Å². The third kappa shape index (κ3) is 3.73. The van der Waals surface area contributed by atoms with Gasteiger partial charge in [0.15, 0.2) is 0 Å². The van der Waals surface area contributed by atoms with Crippen molar-refractivity contribution in [1.82, 2.24) is 5.06 Å². The number of rotatable bonds is 4. The van der Waals surface area contributed by atoms with Gasteiger partial charge in [0.05, 0.1) is 12.7 Å². The molecule has 1 aromatic rings. The second-order valence-corrected chi connectivity index (χ2v) is 7.21. The summed E-state index contributed by atoms with van der Waals surface area (Å²) in [5, 5.41) is 13.5. The van der Waals surface area contributed by atoms with Gasteiger partial charge in [0.1, 0.15) is 0 Å². The molecule has 0 aliphatic carbocycles. The number of piperidine rings is 1. The quantitative estimate of drug-likeness (QED) is 0.831. The van der Waals surface area contributed by atoms with Crippen LogP contribution in [0.3, 0.4) is 0 Å². The first-order valence-electron chi connectivity index (χ1n) is 7.55. The Morgan fingerprint density at radius 1 is 1.19 bits per heavy atom. The van der Waals surface area contributed by atoms with E-state index in [9.17, 15) is 5.21 Å². The fourth-order valence-electron chi connectivity index (χ4n) is 3.25. The van der Waals surface area contributed by atoms with Crippen molar-refractivity contribution in [3.8, 4) is 0 Å². The van der Waals surface area contributed by atoms with E-state index in [-0.39, 0.29) is 17.2 Å². The SMILES string of the molecule is C=Cc1ccc(COC2CC(C)(C)N([O])C(C)(C)C2)cc1. The van der Waals surface area contributed by atoms with Gasteiger partial charge in [-0.05, 0) is 51.7 Å². The Kier molecular flexibility index (Phi) is 4.57. The molecule has 0 atom stereocenters. The van der Waals surface area contributed by atoms with Crippen molar-refractivity contribution in [1.29, 1.82) is 0 Å². The van der Waals surface area contributed by atoms with Crippen LogP contribution in [0.1, 0.15) is 51.7 Å². The van der Waals surface area contributed by atoms with Crippen LogP contribution in [-0.4, -0.2) is 22.2 Å². The normalized spacial score (nSPS) is 22.1. The minimum atomic E-state index is -0.376. The first-order chi connectivity index (χ1) is 9.74. The van der Waals surface area contributed by atoms with Gasteiger partial charge in [0.2, 0.25) is 0 Å². The third-order valence-corrected chi connectivity index (χ3v) is 4.26. The van der Waals surface area contributed by atoms with E-state index >= 15 is 0 Å². The van der Waals surface area contributed by atoms with Crippen molar-refractivity contribution in [3.05, 3.63) is 42.0 Å². The van der Waals surface area contributed by atoms with Crippen molar-refractivity contribution in [2.45, 2.75) is 64.3 Å². The third-order valence-electron chi connectivity index (χ3n) is 4.26. The molecule has 1 aliphatic rings. The van der Waals surface area contributed by atoms with E-state index < -0.39 is 0 Å². The predicted octanol–water partition coefficient (Wildman–Crippen LogP) is 4.21. The average molecular weight is 288 g/mol. The molecule has 1 saturated heterocycles. The minimum absolute atomic E-state index is 0.124. The summed E-state index contributed by atoms with van der Waals surface area (Å²) >= 11 is 0. The van der Waals surface area contributed by atoms with Crippen LogP contribution >= 0.6 is 0 Å². The van der Waals surface area contributed by atoms with Crippen LogP contribution in [0.4, 0.5) is 0 Å². The molecule has 0 aromatic heterocycles. The summed E-state index contributed by atoms with van der Waals surface area (Å²) in [6, 6.07) is 8.21. The lowest BCUT2D eigenvalue weighted by molar-refractivity contribution is -0.301. The number of hydroxylamine groups is 2. The van der Waals surface area contributed by atoms with Gasteiger partial charge in [0.25, 0.3) is 0 Å². The lowest BCUT2D eigenvalue weighted by Gasteiger charge is -2.49. The molecule has 1 aromatic carbocycles. The van der Waals surface area contributed by atoms with E-state index in [1.807, 2.05) is 45.9 Å². The van der Waals surface area contributed by atoms with Crippen molar-refractivity contribution >= 4 is 6.08 Å². The number of benzene rings is 1. The highest BCUT2D eigenvalue weighted by molar-refractivity contribution is 5.47. The molecule has 115 valence electrons. The topological polar surface area (TPSA) is 32.4 Å². The Morgan fingerprint density at radius 2 is 1.71 bits per heavy atom. The van der Waals surface area contributed by atoms with Crippen LogP contribution < -0.4 is 0 Å². The van der Waals surface area contributed by atoms with Crippen LogP contribution in [0.5, 0.6) is 0 Å². The number of hydrogen-bond acceptors (Lipinski definition) is 2. The van der Waals surface area contributed by atoms with Crippen LogP contribution in [0.2, 0.25) is 0 Å². The van der Waals surface area contributed by atoms with Gasteiger partial charge in [-0.2, -0.15) is 0 Å². The van der Waals surface area contributed by atoms with Crippen molar-refractivity contribution in [2.24, 2.45) is 0 Å². The highest BCUT2D eigenvalue weighted by atomic mass is 16.5. The lowest BCUT2D eigenvalue weighted by Crippen LogP contribution is -2.59. The molecule has 0 bridgehead atoms. The molecule has 1 aliphatic heterocycles. The molecule has 0 unspecified atom stereocenters. The summed E-state index contributed by atoms with van der Waals surface area (Å²) in [4.78, 5) is 0. The highest BCUT2D eigenvalue weighted by Crippen LogP contribution is 2.38. The maximum atomic E-state index is 12.3. The molecule has 0 saturated carbocycles. The molecule has 2 rings (SSSR count). The average Bonchev–Trinajstić information content (AvgIpc) is 2.42. The predicted molar refractivity (Wildman–Crippen MR) is 85.0 cm³/mol. The van der Waals surface area contributed by atoms with Crippen molar-refractivity contribution in [2.75, 3.05) is 0 Å². The molecule has 1 fully saturated rings. The summed E-state index contributed by atoms with van der Waals surface area (Å²) in [5.74, 6) is 0. The summed E-state index contributed by atoms with van der Waals surface area (Å²) < 4.78 is 6.07. The second kappa shape index (κ2) is 5.91. The summed E-state index contributed by atoms with van der Waals surface area (Å²) in [5.41, 5.74) is 1.51. The van der Waals surface area contributed by atoms with E-state index in [0.29, 0.717) is 6.61 Å². The highest BCUT2D eigenvalue weighted by Gasteiger charge is 2.46. The summed E-state index contributed by atoms with van der Waals surface area (Å²) in [7, 11) is 0. The van der Waals surface area contributed by atoms with E-state index in [2.05, 4.69) is 18.7 Å². The Bertz CT molecular complexity index is 472. The van der Waals surface area contributed by atoms with E-state index in [0.717, 1.165) is 24.0 Å². The maximum Gasteiger partial charge on any atom is 0.0720 e. The molecule has 1 radical (unpaired) electrons. The van der Waals surface area contributed by atoms with Gasteiger partial charge < -0.3 is 4.74 Å². The Labute approximate surface area is 128 Å². The zero-order valence-corrected chi connectivity index (χ0v) is 13.6. The molecular weight excluding hydrogens is 262 g/mol. The van der Waals surface area contributed by atoms with Crippen LogP contribution in [0.15, 0.2) is 30.8 Å².